The zero-order valence-corrected chi connectivity index (χ0v) is 12.1. The molecule has 2 saturated heterocycles. The molecule has 2 aliphatic heterocycles. The Hall–Kier alpha value is -1.96. The van der Waals surface area contributed by atoms with Crippen molar-refractivity contribution < 1.29 is 4.92 Å². The summed E-state index contributed by atoms with van der Waals surface area (Å²) in [6, 6.07) is 0.577. The van der Waals surface area contributed by atoms with Gasteiger partial charge in [0.2, 0.25) is 11.8 Å². The first kappa shape index (κ1) is 14.0. The molecule has 2 aliphatic rings. The number of hydrogen-bond acceptors (Lipinski definition) is 7. The average Bonchev–Trinajstić information content (AvgIpc) is 2.46. The number of fused-ring (bicyclic) bond motifs is 1. The van der Waals surface area contributed by atoms with Crippen molar-refractivity contribution in [2.45, 2.75) is 25.3 Å². The highest BCUT2D eigenvalue weighted by atomic mass is 16.6. The Morgan fingerprint density at radius 1 is 1.43 bits per heavy atom. The fraction of sp³-hybridized carbons (Fsp3) is 0.692. The molecule has 3 rings (SSSR count). The van der Waals surface area contributed by atoms with Gasteiger partial charge in [0.25, 0.3) is 0 Å². The van der Waals surface area contributed by atoms with Crippen molar-refractivity contribution in [1.82, 2.24) is 14.9 Å². The second-order valence-electron chi connectivity index (χ2n) is 5.88. The molecule has 0 aromatic carbocycles. The summed E-state index contributed by atoms with van der Waals surface area (Å²) in [5.41, 5.74) is 5.55. The number of nitro groups is 1. The summed E-state index contributed by atoms with van der Waals surface area (Å²) in [5.74, 6) is 0.978. The molecule has 0 saturated carbocycles. The summed E-state index contributed by atoms with van der Waals surface area (Å²) in [7, 11) is 2.16. The number of aromatic nitrogens is 2. The van der Waals surface area contributed by atoms with E-state index in [0.717, 1.165) is 26.1 Å². The molecular weight excluding hydrogens is 272 g/mol. The van der Waals surface area contributed by atoms with Gasteiger partial charge in [0.15, 0.2) is 0 Å². The van der Waals surface area contributed by atoms with Crippen molar-refractivity contribution in [3.63, 3.8) is 0 Å². The number of likely N-dealkylation sites (tertiary alicyclic amines) is 1. The maximum atomic E-state index is 11.2. The largest absolute Gasteiger partial charge is 0.368 e. The number of rotatable bonds is 2. The van der Waals surface area contributed by atoms with Crippen molar-refractivity contribution in [3.8, 4) is 0 Å². The lowest BCUT2D eigenvalue weighted by Gasteiger charge is -2.46. The van der Waals surface area contributed by atoms with Crippen LogP contribution in [0.25, 0.3) is 0 Å². The lowest BCUT2D eigenvalue weighted by molar-refractivity contribution is -0.384. The molecule has 1 aromatic rings. The molecule has 2 unspecified atom stereocenters. The molecule has 114 valence electrons. The van der Waals surface area contributed by atoms with Gasteiger partial charge in [0.1, 0.15) is 6.20 Å². The van der Waals surface area contributed by atoms with E-state index in [1.54, 1.807) is 0 Å². The molecule has 0 radical (unpaired) electrons. The molecule has 1 aromatic heterocycles. The summed E-state index contributed by atoms with van der Waals surface area (Å²) in [4.78, 5) is 23.0. The van der Waals surface area contributed by atoms with Crippen molar-refractivity contribution in [1.29, 1.82) is 0 Å². The van der Waals surface area contributed by atoms with Crippen LogP contribution in [0.2, 0.25) is 0 Å². The molecule has 8 nitrogen and oxygen atoms in total. The topological polar surface area (TPSA) is 101 Å². The van der Waals surface area contributed by atoms with Crippen LogP contribution < -0.4 is 10.6 Å². The quantitative estimate of drug-likeness (QED) is 0.638. The highest BCUT2D eigenvalue weighted by Gasteiger charge is 2.36. The monoisotopic (exact) mass is 292 g/mol. The van der Waals surface area contributed by atoms with Gasteiger partial charge in [-0.2, -0.15) is 4.98 Å². The van der Waals surface area contributed by atoms with Crippen LogP contribution in [0.3, 0.4) is 0 Å². The van der Waals surface area contributed by atoms with Crippen LogP contribution in [-0.4, -0.2) is 52.5 Å². The highest BCUT2D eigenvalue weighted by Crippen LogP contribution is 2.34. The van der Waals surface area contributed by atoms with Gasteiger partial charge in [-0.1, -0.05) is 0 Å². The molecule has 0 bridgehead atoms. The van der Waals surface area contributed by atoms with E-state index < -0.39 is 4.92 Å². The number of nitrogens with zero attached hydrogens (tertiary/aromatic N) is 5. The van der Waals surface area contributed by atoms with E-state index in [1.807, 2.05) is 4.90 Å². The number of piperidine rings is 2. The zero-order valence-electron chi connectivity index (χ0n) is 12.1. The Morgan fingerprint density at radius 3 is 3.00 bits per heavy atom. The summed E-state index contributed by atoms with van der Waals surface area (Å²) in [6.07, 6.45) is 4.55. The minimum atomic E-state index is -0.437. The van der Waals surface area contributed by atoms with Crippen LogP contribution in [0, 0.1) is 16.0 Å². The smallest absolute Gasteiger partial charge is 0.329 e. The molecule has 8 heteroatoms. The first-order chi connectivity index (χ1) is 10.1. The van der Waals surface area contributed by atoms with Crippen molar-refractivity contribution in [2.75, 3.05) is 37.3 Å². The summed E-state index contributed by atoms with van der Waals surface area (Å²) in [6.45, 7) is 2.71. The molecule has 3 heterocycles. The minimum Gasteiger partial charge on any atom is -0.368 e. The molecule has 2 N–H and O–H groups in total. The molecular formula is C13H20N6O2. The van der Waals surface area contributed by atoms with E-state index in [9.17, 15) is 10.1 Å². The van der Waals surface area contributed by atoms with Crippen molar-refractivity contribution in [2.24, 2.45) is 5.92 Å². The van der Waals surface area contributed by atoms with Gasteiger partial charge in [-0.25, -0.2) is 4.98 Å². The third-order valence-electron chi connectivity index (χ3n) is 4.61. The van der Waals surface area contributed by atoms with E-state index >= 15 is 0 Å². The third kappa shape index (κ3) is 2.63. The number of anilines is 2. The van der Waals surface area contributed by atoms with Crippen LogP contribution in [-0.2, 0) is 0 Å². The van der Waals surface area contributed by atoms with E-state index in [2.05, 4.69) is 21.9 Å². The fourth-order valence-corrected chi connectivity index (χ4v) is 3.59. The minimum absolute atomic E-state index is 0.0631. The van der Waals surface area contributed by atoms with Crippen LogP contribution >= 0.6 is 0 Å². The Kier molecular flexibility index (Phi) is 3.62. The first-order valence-electron chi connectivity index (χ1n) is 7.28. The first-order valence-corrected chi connectivity index (χ1v) is 7.28. The Labute approximate surface area is 123 Å². The maximum absolute atomic E-state index is 11.2. The van der Waals surface area contributed by atoms with Gasteiger partial charge in [-0.3, -0.25) is 10.1 Å². The van der Waals surface area contributed by atoms with Gasteiger partial charge in [-0.15, -0.1) is 0 Å². The van der Waals surface area contributed by atoms with Gasteiger partial charge < -0.3 is 15.5 Å². The fourth-order valence-electron chi connectivity index (χ4n) is 3.59. The maximum Gasteiger partial charge on any atom is 0.329 e. The average molecular weight is 292 g/mol. The van der Waals surface area contributed by atoms with Gasteiger partial charge in [-0.05, 0) is 38.8 Å². The third-order valence-corrected chi connectivity index (χ3v) is 4.61. The van der Waals surface area contributed by atoms with Crippen LogP contribution in [0.5, 0.6) is 0 Å². The normalized spacial score (nSPS) is 26.4. The van der Waals surface area contributed by atoms with Crippen LogP contribution in [0.4, 0.5) is 17.5 Å². The summed E-state index contributed by atoms with van der Waals surface area (Å²) < 4.78 is 0. The van der Waals surface area contributed by atoms with E-state index in [-0.39, 0.29) is 11.6 Å². The molecule has 2 atom stereocenters. The molecule has 0 spiro atoms. The van der Waals surface area contributed by atoms with E-state index in [4.69, 9.17) is 5.73 Å². The number of nitrogens with two attached hydrogens (primary N) is 1. The predicted molar refractivity (Wildman–Crippen MR) is 79.1 cm³/mol. The second kappa shape index (κ2) is 5.44. The van der Waals surface area contributed by atoms with Crippen molar-refractivity contribution in [3.05, 3.63) is 16.3 Å². The SMILES string of the molecule is CN1CCCC2CN(c3nc(N)ncc3[N+](=O)[O-])CCC21. The van der Waals surface area contributed by atoms with Gasteiger partial charge in [0.05, 0.1) is 4.92 Å². The Balaban J connectivity index is 1.85. The Morgan fingerprint density at radius 2 is 2.24 bits per heavy atom. The number of nitrogen functional groups attached to an aromatic ring is 1. The molecule has 0 aliphatic carbocycles. The molecule has 2 fully saturated rings. The second-order valence-corrected chi connectivity index (χ2v) is 5.88. The lowest BCUT2D eigenvalue weighted by atomic mass is 9.84. The lowest BCUT2D eigenvalue weighted by Crippen LogP contribution is -2.53. The van der Waals surface area contributed by atoms with Gasteiger partial charge >= 0.3 is 5.69 Å². The van der Waals surface area contributed by atoms with Crippen LogP contribution in [0.15, 0.2) is 6.20 Å². The van der Waals surface area contributed by atoms with E-state index in [1.165, 1.54) is 19.0 Å². The summed E-state index contributed by atoms with van der Waals surface area (Å²) >= 11 is 0. The zero-order chi connectivity index (χ0) is 15.0. The molecule has 0 amide bonds. The standard InChI is InChI=1S/C13H20N6O2/c1-17-5-2-3-9-8-18(6-4-10(9)17)12-11(19(20)21)7-15-13(14)16-12/h7,9-10H,2-6,8H2,1H3,(H2,14,15,16). The summed E-state index contributed by atoms with van der Waals surface area (Å²) in [5, 5.41) is 11.2. The molecule has 21 heavy (non-hydrogen) atoms. The van der Waals surface area contributed by atoms with E-state index in [0.29, 0.717) is 17.8 Å². The van der Waals surface area contributed by atoms with Crippen LogP contribution in [0.1, 0.15) is 19.3 Å². The van der Waals surface area contributed by atoms with Crippen molar-refractivity contribution >= 4 is 17.5 Å². The number of hydrogen-bond donors (Lipinski definition) is 1. The predicted octanol–water partition coefficient (Wildman–Crippen LogP) is 0.887. The van der Waals surface area contributed by atoms with Gasteiger partial charge in [0, 0.05) is 19.1 Å². The Bertz CT molecular complexity index is 551. The highest BCUT2D eigenvalue weighted by molar-refractivity contribution is 5.58.